The molecular weight excluding hydrogens is 321 g/mol. The fourth-order valence-electron chi connectivity index (χ4n) is 1.73. The first kappa shape index (κ1) is 15.5. The van der Waals surface area contributed by atoms with Crippen LogP contribution in [0.5, 0.6) is 0 Å². The number of halogens is 2. The number of nitrogens with one attached hydrogen (secondary N) is 1. The van der Waals surface area contributed by atoms with Crippen LogP contribution < -0.4 is 5.32 Å². The lowest BCUT2D eigenvalue weighted by Gasteiger charge is -2.10. The number of rotatable bonds is 5. The average Bonchev–Trinajstić information content (AvgIpc) is 2.73. The minimum Gasteiger partial charge on any atom is -0.389 e. The zero-order chi connectivity index (χ0) is 14.7. The fourth-order valence-corrected chi connectivity index (χ4v) is 3.44. The van der Waals surface area contributed by atoms with Crippen LogP contribution in [0.1, 0.15) is 9.67 Å². The van der Waals surface area contributed by atoms with E-state index in [1.165, 1.54) is 18.4 Å². The highest BCUT2D eigenvalue weighted by Crippen LogP contribution is 2.36. The van der Waals surface area contributed by atoms with Crippen molar-refractivity contribution in [3.8, 4) is 0 Å². The molecule has 2 aromatic rings. The third-order valence-electron chi connectivity index (χ3n) is 2.66. The average molecular weight is 334 g/mol. The second-order valence-corrected chi connectivity index (χ2v) is 6.07. The highest BCUT2D eigenvalue weighted by molar-refractivity contribution is 7.21. The molecule has 20 heavy (non-hydrogen) atoms. The molecule has 0 spiro atoms. The third kappa shape index (κ3) is 3.42. The lowest BCUT2D eigenvalue weighted by atomic mass is 10.2. The molecule has 0 fully saturated rings. The van der Waals surface area contributed by atoms with Gasteiger partial charge in [-0.25, -0.2) is 0 Å². The summed E-state index contributed by atoms with van der Waals surface area (Å²) in [5, 5.41) is 13.9. The summed E-state index contributed by atoms with van der Waals surface area (Å²) in [5.74, 6) is -0.317. The predicted molar refractivity (Wildman–Crippen MR) is 82.1 cm³/mol. The van der Waals surface area contributed by atoms with Crippen LogP contribution in [-0.4, -0.2) is 37.4 Å². The quantitative estimate of drug-likeness (QED) is 0.884. The van der Waals surface area contributed by atoms with E-state index in [1.807, 2.05) is 0 Å². The van der Waals surface area contributed by atoms with Gasteiger partial charge in [-0.3, -0.25) is 4.79 Å². The summed E-state index contributed by atoms with van der Waals surface area (Å²) in [5.41, 5.74) is 0. The van der Waals surface area contributed by atoms with E-state index in [0.717, 1.165) is 10.1 Å². The van der Waals surface area contributed by atoms with E-state index in [-0.39, 0.29) is 19.1 Å². The van der Waals surface area contributed by atoms with E-state index in [2.05, 4.69) is 5.32 Å². The number of carbonyl (C=O) groups is 1. The zero-order valence-electron chi connectivity index (χ0n) is 10.7. The van der Waals surface area contributed by atoms with Crippen molar-refractivity contribution in [1.82, 2.24) is 5.32 Å². The maximum absolute atomic E-state index is 12.1. The van der Waals surface area contributed by atoms with E-state index >= 15 is 0 Å². The first-order chi connectivity index (χ1) is 9.52. The summed E-state index contributed by atoms with van der Waals surface area (Å²) in [4.78, 5) is 12.5. The van der Waals surface area contributed by atoms with Gasteiger partial charge in [0.05, 0.1) is 17.7 Å². The van der Waals surface area contributed by atoms with Gasteiger partial charge in [-0.05, 0) is 12.1 Å². The Hall–Kier alpha value is -0.850. The monoisotopic (exact) mass is 333 g/mol. The van der Waals surface area contributed by atoms with Gasteiger partial charge in [0.1, 0.15) is 4.88 Å². The van der Waals surface area contributed by atoms with Crippen LogP contribution in [-0.2, 0) is 4.74 Å². The van der Waals surface area contributed by atoms with Crippen molar-refractivity contribution in [1.29, 1.82) is 0 Å². The Labute approximate surface area is 130 Å². The van der Waals surface area contributed by atoms with Crippen LogP contribution in [0, 0.1) is 0 Å². The van der Waals surface area contributed by atoms with Gasteiger partial charge >= 0.3 is 0 Å². The molecule has 1 amide bonds. The van der Waals surface area contributed by atoms with Gasteiger partial charge in [0.25, 0.3) is 5.91 Å². The Kier molecular flexibility index (Phi) is 5.23. The second-order valence-electron chi connectivity index (χ2n) is 4.20. The Morgan fingerprint density at radius 1 is 1.50 bits per heavy atom. The molecule has 1 heterocycles. The summed E-state index contributed by atoms with van der Waals surface area (Å²) in [6.07, 6.45) is -0.744. The molecule has 1 aromatic carbocycles. The van der Waals surface area contributed by atoms with Crippen molar-refractivity contribution >= 4 is 50.5 Å². The normalized spacial score (nSPS) is 12.6. The first-order valence-corrected chi connectivity index (χ1v) is 7.43. The van der Waals surface area contributed by atoms with E-state index in [1.54, 1.807) is 18.2 Å². The van der Waals surface area contributed by atoms with Crippen LogP contribution in [0.15, 0.2) is 18.2 Å². The molecule has 0 aliphatic carbocycles. The van der Waals surface area contributed by atoms with Crippen LogP contribution in [0.25, 0.3) is 10.1 Å². The summed E-state index contributed by atoms with van der Waals surface area (Å²) in [7, 11) is 1.48. The lowest BCUT2D eigenvalue weighted by molar-refractivity contribution is 0.0611. The SMILES string of the molecule is COCC(O)CNC(=O)c1sc2cc(Cl)ccc2c1Cl. The van der Waals surface area contributed by atoms with Gasteiger partial charge in [-0.2, -0.15) is 0 Å². The van der Waals surface area contributed by atoms with Gasteiger partial charge in [0.15, 0.2) is 0 Å². The Morgan fingerprint density at radius 3 is 2.95 bits per heavy atom. The zero-order valence-corrected chi connectivity index (χ0v) is 13.0. The highest BCUT2D eigenvalue weighted by Gasteiger charge is 2.17. The highest BCUT2D eigenvalue weighted by atomic mass is 35.5. The fraction of sp³-hybridized carbons (Fsp3) is 0.308. The summed E-state index contributed by atoms with van der Waals surface area (Å²) >= 11 is 13.4. The number of hydrogen-bond donors (Lipinski definition) is 2. The summed E-state index contributed by atoms with van der Waals surface area (Å²) in [6, 6.07) is 5.28. The Balaban J connectivity index is 2.16. The van der Waals surface area contributed by atoms with Crippen molar-refractivity contribution in [2.75, 3.05) is 20.3 Å². The van der Waals surface area contributed by atoms with E-state index in [4.69, 9.17) is 27.9 Å². The molecule has 4 nitrogen and oxygen atoms in total. The van der Waals surface area contributed by atoms with Crippen LogP contribution >= 0.6 is 34.5 Å². The molecule has 2 rings (SSSR count). The van der Waals surface area contributed by atoms with Crippen LogP contribution in [0.4, 0.5) is 0 Å². The molecule has 1 aromatic heterocycles. The van der Waals surface area contributed by atoms with Crippen molar-refractivity contribution in [2.45, 2.75) is 6.10 Å². The maximum atomic E-state index is 12.1. The largest absolute Gasteiger partial charge is 0.389 e. The number of aliphatic hydroxyl groups excluding tert-OH is 1. The van der Waals surface area contributed by atoms with Gasteiger partial charge in [0.2, 0.25) is 0 Å². The molecule has 0 saturated carbocycles. The van der Waals surface area contributed by atoms with Crippen LogP contribution in [0.2, 0.25) is 10.0 Å². The number of benzene rings is 1. The molecule has 108 valence electrons. The third-order valence-corrected chi connectivity index (χ3v) is 4.55. The van der Waals surface area contributed by atoms with Crippen molar-refractivity contribution in [3.63, 3.8) is 0 Å². The number of thiophene rings is 1. The summed E-state index contributed by atoms with van der Waals surface area (Å²) < 4.78 is 5.64. The number of aliphatic hydroxyl groups is 1. The number of methoxy groups -OCH3 is 1. The van der Waals surface area contributed by atoms with Crippen molar-refractivity contribution in [2.24, 2.45) is 0 Å². The molecule has 0 bridgehead atoms. The van der Waals surface area contributed by atoms with Gasteiger partial charge < -0.3 is 15.2 Å². The molecule has 7 heteroatoms. The molecule has 0 saturated heterocycles. The molecular formula is C13H13Cl2NO3S. The second kappa shape index (κ2) is 6.74. The number of hydrogen-bond acceptors (Lipinski definition) is 4. The first-order valence-electron chi connectivity index (χ1n) is 5.85. The van der Waals surface area contributed by atoms with E-state index < -0.39 is 6.10 Å². The number of amides is 1. The molecule has 1 unspecified atom stereocenters. The summed E-state index contributed by atoms with van der Waals surface area (Å²) in [6.45, 7) is 0.272. The van der Waals surface area contributed by atoms with Gasteiger partial charge in [0, 0.05) is 28.8 Å². The predicted octanol–water partition coefficient (Wildman–Crippen LogP) is 2.95. The smallest absolute Gasteiger partial charge is 0.263 e. The topological polar surface area (TPSA) is 58.6 Å². The van der Waals surface area contributed by atoms with Crippen molar-refractivity contribution in [3.05, 3.63) is 33.1 Å². The minimum atomic E-state index is -0.744. The van der Waals surface area contributed by atoms with Crippen LogP contribution in [0.3, 0.4) is 0 Å². The minimum absolute atomic E-state index is 0.109. The van der Waals surface area contributed by atoms with Gasteiger partial charge in [-0.1, -0.05) is 29.3 Å². The van der Waals surface area contributed by atoms with E-state index in [0.29, 0.717) is 14.9 Å². The standard InChI is InChI=1S/C13H13Cl2NO3S/c1-19-6-8(17)5-16-13(18)12-11(15)9-3-2-7(14)4-10(9)20-12/h2-4,8,17H,5-6H2,1H3,(H,16,18). The van der Waals surface area contributed by atoms with E-state index in [9.17, 15) is 9.90 Å². The number of fused-ring (bicyclic) bond motifs is 1. The number of carbonyl (C=O) groups excluding carboxylic acids is 1. The molecule has 0 aliphatic rings. The maximum Gasteiger partial charge on any atom is 0.263 e. The Bertz CT molecular complexity index is 629. The molecule has 2 N–H and O–H groups in total. The van der Waals surface area contributed by atoms with Gasteiger partial charge in [-0.15, -0.1) is 11.3 Å². The molecule has 0 aliphatic heterocycles. The number of ether oxygens (including phenoxy) is 1. The Morgan fingerprint density at radius 2 is 2.25 bits per heavy atom. The molecule has 0 radical (unpaired) electrons. The molecule has 1 atom stereocenters. The van der Waals surface area contributed by atoms with Crippen molar-refractivity contribution < 1.29 is 14.6 Å². The lowest BCUT2D eigenvalue weighted by Crippen LogP contribution is -2.34.